The van der Waals surface area contributed by atoms with Gasteiger partial charge < -0.3 is 0 Å². The Morgan fingerprint density at radius 2 is 0.660 bits per heavy atom. The lowest BCUT2D eigenvalue weighted by atomic mass is 10.3. The fraction of sp³-hybridized carbons (Fsp3) is 0.828. The van der Waals surface area contributed by atoms with Gasteiger partial charge in [0.25, 0.3) is 0 Å². The standard InChI is InChI=1S/C29H59N5O12P4/c1-9-39-47(35,40-10-2)31-20-21-32(48(36,41-11-3)42-12-4)23-25-34(50(38,45-15-7)46-16-8)27-29-19-17-18-28(30-29)26-33(24-22-31)49(37,43-13-5)44-14-6/h17-19H,9-16,20-27H2,1-8H3. The highest BCUT2D eigenvalue weighted by Gasteiger charge is 2.41. The van der Waals surface area contributed by atoms with Gasteiger partial charge in [-0.2, -0.15) is 0 Å². The SMILES string of the molecule is CCOP(=O)(OCC)N1CCN(P(=O)(OCC)OCC)CCN(P(=O)(OCC)OCC)Cc2cccc(n2)CN(P(=O)(OCC)OCC)CC1. The van der Waals surface area contributed by atoms with Crippen LogP contribution in [0.4, 0.5) is 0 Å². The molecule has 292 valence electrons. The molecular weight excluding hydrogens is 734 g/mol. The van der Waals surface area contributed by atoms with E-state index in [9.17, 15) is 18.3 Å². The van der Waals surface area contributed by atoms with Crippen LogP contribution in [0.1, 0.15) is 66.8 Å². The first-order valence-corrected chi connectivity index (χ1v) is 23.4. The maximum absolute atomic E-state index is 14.3. The van der Waals surface area contributed by atoms with Gasteiger partial charge in [-0.3, -0.25) is 41.2 Å². The van der Waals surface area contributed by atoms with Crippen LogP contribution in [0.2, 0.25) is 0 Å². The molecule has 1 aromatic heterocycles. The third kappa shape index (κ3) is 13.2. The van der Waals surface area contributed by atoms with E-state index in [1.54, 1.807) is 73.6 Å². The van der Waals surface area contributed by atoms with Crippen LogP contribution < -0.4 is 0 Å². The van der Waals surface area contributed by atoms with E-state index in [0.29, 0.717) is 11.4 Å². The molecule has 0 atom stereocenters. The largest absolute Gasteiger partial charge is 0.408 e. The van der Waals surface area contributed by atoms with Crippen molar-refractivity contribution in [1.82, 2.24) is 23.7 Å². The molecule has 0 fully saturated rings. The quantitative estimate of drug-likeness (QED) is 0.123. The first kappa shape index (κ1) is 45.7. The summed E-state index contributed by atoms with van der Waals surface area (Å²) in [6.07, 6.45) is 0. The topological polar surface area (TPSA) is 168 Å². The van der Waals surface area contributed by atoms with E-state index in [0.717, 1.165) is 0 Å². The lowest BCUT2D eigenvalue weighted by Crippen LogP contribution is -2.40. The van der Waals surface area contributed by atoms with Crippen molar-refractivity contribution in [2.45, 2.75) is 68.5 Å². The normalized spacial score (nSPS) is 17.8. The van der Waals surface area contributed by atoms with E-state index in [1.165, 1.54) is 18.7 Å². The number of pyridine rings is 1. The van der Waals surface area contributed by atoms with Crippen molar-refractivity contribution in [3.8, 4) is 0 Å². The molecule has 0 saturated carbocycles. The van der Waals surface area contributed by atoms with E-state index >= 15 is 0 Å². The molecule has 17 nitrogen and oxygen atoms in total. The molecule has 2 bridgehead atoms. The number of rotatable bonds is 20. The maximum atomic E-state index is 14.3. The first-order chi connectivity index (χ1) is 23.9. The molecule has 0 unspecified atom stereocenters. The van der Waals surface area contributed by atoms with Crippen LogP contribution in [0, 0.1) is 0 Å². The first-order valence-electron chi connectivity index (χ1n) is 17.4. The summed E-state index contributed by atoms with van der Waals surface area (Å²) in [5, 5.41) is 0. The van der Waals surface area contributed by atoms with Crippen molar-refractivity contribution >= 4 is 31.0 Å². The van der Waals surface area contributed by atoms with Gasteiger partial charge in [0.1, 0.15) is 0 Å². The summed E-state index contributed by atoms with van der Waals surface area (Å²) < 4.78 is 109. The summed E-state index contributed by atoms with van der Waals surface area (Å²) in [5.41, 5.74) is 1.06. The van der Waals surface area contributed by atoms with E-state index in [2.05, 4.69) is 0 Å². The Bertz CT molecular complexity index is 1200. The minimum absolute atomic E-state index is 0.00338. The lowest BCUT2D eigenvalue weighted by Gasteiger charge is -2.36. The van der Waals surface area contributed by atoms with Crippen LogP contribution in [0.25, 0.3) is 0 Å². The molecule has 1 aliphatic heterocycles. The van der Waals surface area contributed by atoms with Crippen LogP contribution in [-0.2, 0) is 67.5 Å². The lowest BCUT2D eigenvalue weighted by molar-refractivity contribution is 0.131. The smallest absolute Gasteiger partial charge is 0.297 e. The summed E-state index contributed by atoms with van der Waals surface area (Å²) in [4.78, 5) is 4.82. The van der Waals surface area contributed by atoms with Gasteiger partial charge in [-0.15, -0.1) is 0 Å². The number of hydrogen-bond acceptors (Lipinski definition) is 13. The average Bonchev–Trinajstić information content (AvgIpc) is 3.05. The van der Waals surface area contributed by atoms with Crippen molar-refractivity contribution < 1.29 is 54.5 Å². The highest BCUT2D eigenvalue weighted by Crippen LogP contribution is 2.57. The molecule has 21 heteroatoms. The summed E-state index contributed by atoms with van der Waals surface area (Å²) in [6, 6.07) is 5.34. The molecule has 50 heavy (non-hydrogen) atoms. The average molecular weight is 794 g/mol. The second kappa shape index (κ2) is 22.7. The van der Waals surface area contributed by atoms with Crippen molar-refractivity contribution in [3.63, 3.8) is 0 Å². The zero-order valence-electron chi connectivity index (χ0n) is 31.0. The Morgan fingerprint density at radius 1 is 0.440 bits per heavy atom. The monoisotopic (exact) mass is 793 g/mol. The van der Waals surface area contributed by atoms with Gasteiger partial charge >= 0.3 is 31.0 Å². The molecule has 0 spiro atoms. The zero-order valence-corrected chi connectivity index (χ0v) is 34.5. The molecule has 0 radical (unpaired) electrons. The molecular formula is C29H59N5O12P4. The third-order valence-electron chi connectivity index (χ3n) is 7.13. The van der Waals surface area contributed by atoms with Crippen molar-refractivity contribution in [2.75, 3.05) is 92.1 Å². The van der Waals surface area contributed by atoms with Gasteiger partial charge in [0, 0.05) is 39.3 Å². The van der Waals surface area contributed by atoms with Gasteiger partial charge in [-0.1, -0.05) is 6.07 Å². The Kier molecular flexibility index (Phi) is 20.8. The highest BCUT2D eigenvalue weighted by molar-refractivity contribution is 7.52. The maximum Gasteiger partial charge on any atom is 0.408 e. The van der Waals surface area contributed by atoms with Crippen molar-refractivity contribution in [1.29, 1.82) is 0 Å². The summed E-state index contributed by atoms with van der Waals surface area (Å²) in [5.74, 6) is 0. The number of hydrogen-bond donors (Lipinski definition) is 0. The predicted octanol–water partition coefficient (Wildman–Crippen LogP) is 7.03. The molecule has 1 aliphatic rings. The molecule has 0 aromatic carbocycles. The minimum atomic E-state index is -3.94. The van der Waals surface area contributed by atoms with E-state index in [1.807, 2.05) is 0 Å². The minimum Gasteiger partial charge on any atom is -0.297 e. The second-order valence-electron chi connectivity index (χ2n) is 10.5. The molecule has 0 amide bonds. The highest BCUT2D eigenvalue weighted by atomic mass is 31.2. The van der Waals surface area contributed by atoms with Crippen LogP contribution in [0.3, 0.4) is 0 Å². The molecule has 1 aromatic rings. The number of nitrogens with zero attached hydrogens (tertiary/aromatic N) is 5. The van der Waals surface area contributed by atoms with E-state index in [-0.39, 0.29) is 105 Å². The second-order valence-corrected chi connectivity index (χ2v) is 18.6. The summed E-state index contributed by atoms with van der Waals surface area (Å²) in [7, 11) is -15.6. The van der Waals surface area contributed by atoms with Crippen molar-refractivity contribution in [3.05, 3.63) is 29.6 Å². The number of aromatic nitrogens is 1. The molecule has 2 heterocycles. The molecule has 0 saturated heterocycles. The fourth-order valence-corrected chi connectivity index (χ4v) is 12.0. The zero-order chi connectivity index (χ0) is 37.3. The van der Waals surface area contributed by atoms with Crippen molar-refractivity contribution in [2.24, 2.45) is 0 Å². The van der Waals surface area contributed by atoms with Crippen LogP contribution in [0.5, 0.6) is 0 Å². The summed E-state index contributed by atoms with van der Waals surface area (Å²) >= 11 is 0. The van der Waals surface area contributed by atoms with E-state index < -0.39 is 31.0 Å². The Labute approximate surface area is 298 Å². The Hall–Kier alpha value is -0.410. The molecule has 0 N–H and O–H groups in total. The van der Waals surface area contributed by atoms with E-state index in [4.69, 9.17) is 41.2 Å². The van der Waals surface area contributed by atoms with Gasteiger partial charge in [0.05, 0.1) is 77.3 Å². The Morgan fingerprint density at radius 3 is 0.900 bits per heavy atom. The molecule has 0 aliphatic carbocycles. The van der Waals surface area contributed by atoms with Crippen LogP contribution >= 0.6 is 31.0 Å². The summed E-state index contributed by atoms with van der Waals surface area (Å²) in [6.45, 7) is 14.7. The predicted molar refractivity (Wildman–Crippen MR) is 192 cm³/mol. The third-order valence-corrected chi connectivity index (χ3v) is 16.1. The number of fused-ring (bicyclic) bond motifs is 2. The fourth-order valence-electron chi connectivity index (χ4n) is 5.17. The van der Waals surface area contributed by atoms with Gasteiger partial charge in [0.2, 0.25) is 0 Å². The van der Waals surface area contributed by atoms with Gasteiger partial charge in [-0.25, -0.2) is 36.9 Å². The van der Waals surface area contributed by atoms with Gasteiger partial charge in [0.15, 0.2) is 0 Å². The van der Waals surface area contributed by atoms with Crippen LogP contribution in [-0.4, -0.2) is 116 Å². The van der Waals surface area contributed by atoms with Gasteiger partial charge in [-0.05, 0) is 67.5 Å². The molecule has 2 rings (SSSR count). The Balaban J connectivity index is 2.83. The van der Waals surface area contributed by atoms with Crippen LogP contribution in [0.15, 0.2) is 18.2 Å².